The van der Waals surface area contributed by atoms with Crippen molar-refractivity contribution in [2.75, 3.05) is 6.61 Å². The standard InChI is InChI=1S/C14H15N3O2/c1-2-19-13-7-3-6-12(17-13)14(18)16-10-11-5-4-8-15-9-11/h3-9H,2,10H2,1H3,(H,16,18). The van der Waals surface area contributed by atoms with Crippen LogP contribution < -0.4 is 10.1 Å². The van der Waals surface area contributed by atoms with Crippen molar-refractivity contribution in [3.8, 4) is 5.88 Å². The zero-order valence-corrected chi connectivity index (χ0v) is 10.7. The van der Waals surface area contributed by atoms with Crippen molar-refractivity contribution >= 4 is 5.91 Å². The molecule has 0 aliphatic rings. The second-order valence-corrected chi connectivity index (χ2v) is 3.84. The van der Waals surface area contributed by atoms with Crippen LogP contribution in [0.4, 0.5) is 0 Å². The highest BCUT2D eigenvalue weighted by Gasteiger charge is 2.08. The van der Waals surface area contributed by atoms with E-state index in [0.29, 0.717) is 24.7 Å². The van der Waals surface area contributed by atoms with E-state index in [9.17, 15) is 4.79 Å². The quantitative estimate of drug-likeness (QED) is 0.887. The maximum Gasteiger partial charge on any atom is 0.270 e. The first-order valence-corrected chi connectivity index (χ1v) is 6.06. The summed E-state index contributed by atoms with van der Waals surface area (Å²) >= 11 is 0. The molecule has 0 aliphatic carbocycles. The first-order chi connectivity index (χ1) is 9.29. The molecule has 5 nitrogen and oxygen atoms in total. The molecular weight excluding hydrogens is 242 g/mol. The highest BCUT2D eigenvalue weighted by atomic mass is 16.5. The predicted molar refractivity (Wildman–Crippen MR) is 70.8 cm³/mol. The van der Waals surface area contributed by atoms with Gasteiger partial charge in [0.25, 0.3) is 5.91 Å². The Morgan fingerprint density at radius 1 is 1.32 bits per heavy atom. The molecule has 2 heterocycles. The highest BCUT2D eigenvalue weighted by Crippen LogP contribution is 2.07. The van der Waals surface area contributed by atoms with Crippen LogP contribution in [-0.4, -0.2) is 22.5 Å². The summed E-state index contributed by atoms with van der Waals surface area (Å²) in [4.78, 5) is 20.0. The predicted octanol–water partition coefficient (Wildman–Crippen LogP) is 1.81. The molecule has 2 aromatic heterocycles. The molecule has 0 spiro atoms. The summed E-state index contributed by atoms with van der Waals surface area (Å²) in [6.07, 6.45) is 3.41. The topological polar surface area (TPSA) is 64.1 Å². The molecule has 5 heteroatoms. The number of amides is 1. The average Bonchev–Trinajstić information content (AvgIpc) is 2.46. The number of hydrogen-bond acceptors (Lipinski definition) is 4. The van der Waals surface area contributed by atoms with Gasteiger partial charge in [-0.1, -0.05) is 12.1 Å². The summed E-state index contributed by atoms with van der Waals surface area (Å²) in [6.45, 7) is 2.82. The number of nitrogens with zero attached hydrogens (tertiary/aromatic N) is 2. The first kappa shape index (κ1) is 13.0. The van der Waals surface area contributed by atoms with Gasteiger partial charge in [-0.05, 0) is 24.6 Å². The first-order valence-electron chi connectivity index (χ1n) is 6.06. The van der Waals surface area contributed by atoms with Crippen molar-refractivity contribution in [1.29, 1.82) is 0 Å². The van der Waals surface area contributed by atoms with E-state index >= 15 is 0 Å². The maximum absolute atomic E-state index is 11.9. The van der Waals surface area contributed by atoms with Gasteiger partial charge in [-0.3, -0.25) is 9.78 Å². The van der Waals surface area contributed by atoms with Crippen LogP contribution in [0.15, 0.2) is 42.7 Å². The minimum atomic E-state index is -0.231. The number of rotatable bonds is 5. The minimum Gasteiger partial charge on any atom is -0.478 e. The van der Waals surface area contributed by atoms with Crippen LogP contribution in [0.25, 0.3) is 0 Å². The van der Waals surface area contributed by atoms with Gasteiger partial charge in [0.2, 0.25) is 5.88 Å². The van der Waals surface area contributed by atoms with Crippen LogP contribution in [0.3, 0.4) is 0 Å². The van der Waals surface area contributed by atoms with Crippen LogP contribution in [0.1, 0.15) is 23.0 Å². The van der Waals surface area contributed by atoms with Crippen LogP contribution in [-0.2, 0) is 6.54 Å². The third-order valence-electron chi connectivity index (χ3n) is 2.42. The molecule has 19 heavy (non-hydrogen) atoms. The van der Waals surface area contributed by atoms with Gasteiger partial charge in [0.1, 0.15) is 5.69 Å². The second kappa shape index (κ2) is 6.49. The van der Waals surface area contributed by atoms with Gasteiger partial charge >= 0.3 is 0 Å². The fourth-order valence-electron chi connectivity index (χ4n) is 1.55. The molecule has 0 aromatic carbocycles. The van der Waals surface area contributed by atoms with Gasteiger partial charge < -0.3 is 10.1 Å². The lowest BCUT2D eigenvalue weighted by molar-refractivity contribution is 0.0944. The Bertz CT molecular complexity index is 543. The van der Waals surface area contributed by atoms with Crippen molar-refractivity contribution in [3.05, 3.63) is 54.0 Å². The van der Waals surface area contributed by atoms with E-state index in [0.717, 1.165) is 5.56 Å². The summed E-state index contributed by atoms with van der Waals surface area (Å²) in [5, 5.41) is 2.79. The Kier molecular flexibility index (Phi) is 4.44. The number of carbonyl (C=O) groups excluding carboxylic acids is 1. The normalized spacial score (nSPS) is 9.95. The van der Waals surface area contributed by atoms with E-state index < -0.39 is 0 Å². The minimum absolute atomic E-state index is 0.231. The van der Waals surface area contributed by atoms with Gasteiger partial charge in [0.15, 0.2) is 0 Å². The Morgan fingerprint density at radius 3 is 2.95 bits per heavy atom. The zero-order chi connectivity index (χ0) is 13.5. The summed E-state index contributed by atoms with van der Waals surface area (Å²) < 4.78 is 5.26. The zero-order valence-electron chi connectivity index (χ0n) is 10.7. The SMILES string of the molecule is CCOc1cccc(C(=O)NCc2cccnc2)n1. The van der Waals surface area contributed by atoms with Gasteiger partial charge in [0, 0.05) is 25.0 Å². The van der Waals surface area contributed by atoms with Crippen molar-refractivity contribution in [2.24, 2.45) is 0 Å². The molecule has 98 valence electrons. The molecule has 1 N–H and O–H groups in total. The third-order valence-corrected chi connectivity index (χ3v) is 2.42. The van der Waals surface area contributed by atoms with Crippen LogP contribution >= 0.6 is 0 Å². The van der Waals surface area contributed by atoms with Crippen LogP contribution in [0.5, 0.6) is 5.88 Å². The van der Waals surface area contributed by atoms with Gasteiger partial charge in [-0.15, -0.1) is 0 Å². The molecule has 0 unspecified atom stereocenters. The third kappa shape index (κ3) is 3.77. The highest BCUT2D eigenvalue weighted by molar-refractivity contribution is 5.92. The fourth-order valence-corrected chi connectivity index (χ4v) is 1.55. The number of aromatic nitrogens is 2. The van der Waals surface area contributed by atoms with Crippen molar-refractivity contribution in [1.82, 2.24) is 15.3 Å². The molecule has 0 aliphatic heterocycles. The summed E-state index contributed by atoms with van der Waals surface area (Å²) in [6, 6.07) is 8.85. The van der Waals surface area contributed by atoms with E-state index in [4.69, 9.17) is 4.74 Å². The van der Waals surface area contributed by atoms with Gasteiger partial charge in [-0.25, -0.2) is 4.98 Å². The molecule has 0 saturated heterocycles. The van der Waals surface area contributed by atoms with E-state index in [-0.39, 0.29) is 5.91 Å². The molecule has 2 rings (SSSR count). The average molecular weight is 257 g/mol. The monoisotopic (exact) mass is 257 g/mol. The van der Waals surface area contributed by atoms with Crippen LogP contribution in [0, 0.1) is 0 Å². The van der Waals surface area contributed by atoms with Crippen molar-refractivity contribution in [3.63, 3.8) is 0 Å². The van der Waals surface area contributed by atoms with E-state index in [1.165, 1.54) is 0 Å². The van der Waals surface area contributed by atoms with E-state index in [2.05, 4.69) is 15.3 Å². The number of hydrogen-bond donors (Lipinski definition) is 1. The molecule has 0 radical (unpaired) electrons. The van der Waals surface area contributed by atoms with Crippen molar-refractivity contribution < 1.29 is 9.53 Å². The number of nitrogens with one attached hydrogen (secondary N) is 1. The number of ether oxygens (including phenoxy) is 1. The maximum atomic E-state index is 11.9. The van der Waals surface area contributed by atoms with E-state index in [1.54, 1.807) is 30.6 Å². The molecule has 0 saturated carbocycles. The molecule has 1 amide bonds. The number of carbonyl (C=O) groups is 1. The molecule has 2 aromatic rings. The second-order valence-electron chi connectivity index (χ2n) is 3.84. The van der Waals surface area contributed by atoms with Crippen molar-refractivity contribution in [2.45, 2.75) is 13.5 Å². The lowest BCUT2D eigenvalue weighted by atomic mass is 10.2. The summed E-state index contributed by atoms with van der Waals surface area (Å²) in [7, 11) is 0. The summed E-state index contributed by atoms with van der Waals surface area (Å²) in [5.41, 5.74) is 1.28. The largest absolute Gasteiger partial charge is 0.478 e. The molecular formula is C14H15N3O2. The Morgan fingerprint density at radius 2 is 2.21 bits per heavy atom. The summed E-state index contributed by atoms with van der Waals surface area (Å²) in [5.74, 6) is 0.224. The molecule has 0 bridgehead atoms. The number of pyridine rings is 2. The smallest absolute Gasteiger partial charge is 0.270 e. The van der Waals surface area contributed by atoms with Gasteiger partial charge in [0.05, 0.1) is 6.61 Å². The lowest BCUT2D eigenvalue weighted by Gasteiger charge is -2.06. The molecule has 0 atom stereocenters. The Labute approximate surface area is 111 Å². The fraction of sp³-hybridized carbons (Fsp3) is 0.214. The lowest BCUT2D eigenvalue weighted by Crippen LogP contribution is -2.23. The van der Waals surface area contributed by atoms with Gasteiger partial charge in [-0.2, -0.15) is 0 Å². The Hall–Kier alpha value is -2.43. The van der Waals surface area contributed by atoms with E-state index in [1.807, 2.05) is 19.1 Å². The molecule has 0 fully saturated rings. The Balaban J connectivity index is 1.98. The van der Waals surface area contributed by atoms with Crippen LogP contribution in [0.2, 0.25) is 0 Å².